The van der Waals surface area contributed by atoms with Crippen molar-refractivity contribution in [1.82, 2.24) is 9.97 Å². The molecular weight excluding hydrogens is 448 g/mol. The molecule has 1 aromatic heterocycles. The van der Waals surface area contributed by atoms with Crippen molar-refractivity contribution in [1.29, 1.82) is 0 Å². The van der Waals surface area contributed by atoms with Crippen LogP contribution in [-0.4, -0.2) is 53.2 Å². The molecule has 4 rings (SSSR count). The molecule has 0 saturated heterocycles. The van der Waals surface area contributed by atoms with Gasteiger partial charge in [0.1, 0.15) is 11.4 Å². The molecule has 0 radical (unpaired) electrons. The lowest BCUT2D eigenvalue weighted by Crippen LogP contribution is -2.45. The molecule has 0 atom stereocenters. The van der Waals surface area contributed by atoms with Gasteiger partial charge in [0.2, 0.25) is 11.9 Å². The maximum atomic E-state index is 13.1. The number of rotatable bonds is 6. The van der Waals surface area contributed by atoms with Crippen molar-refractivity contribution < 1.29 is 28.2 Å². The summed E-state index contributed by atoms with van der Waals surface area (Å²) in [5.74, 6) is -0.951. The van der Waals surface area contributed by atoms with E-state index in [9.17, 15) is 23.5 Å². The van der Waals surface area contributed by atoms with E-state index in [1.807, 2.05) is 13.8 Å². The summed E-state index contributed by atoms with van der Waals surface area (Å²) in [5, 5.41) is 12.0. The van der Waals surface area contributed by atoms with E-state index in [0.717, 1.165) is 31.7 Å². The zero-order valence-electron chi connectivity index (χ0n) is 19.2. The third kappa shape index (κ3) is 4.59. The summed E-state index contributed by atoms with van der Waals surface area (Å²) in [6.07, 6.45) is 5.71. The molecule has 0 unspecified atom stereocenters. The lowest BCUT2D eigenvalue weighted by molar-refractivity contribution is -0.125. The molecule has 2 aromatic rings. The summed E-state index contributed by atoms with van der Waals surface area (Å²) >= 11 is 0. The Morgan fingerprint density at radius 1 is 1.29 bits per heavy atom. The largest absolute Gasteiger partial charge is 0.478 e. The number of hydrogen-bond donors (Lipinski definition) is 2. The van der Waals surface area contributed by atoms with Crippen LogP contribution in [0.5, 0.6) is 5.75 Å². The molecule has 1 saturated carbocycles. The molecule has 0 spiro atoms. The molecule has 1 aliphatic carbocycles. The van der Waals surface area contributed by atoms with Crippen LogP contribution in [0.1, 0.15) is 49.9 Å². The maximum absolute atomic E-state index is 13.1. The molecule has 2 N–H and O–H groups in total. The SMILES string of the molecule is CN1C(=O)C(C)(C)CN(C2CCCC2)c2nc(Nc3ccc(C(=O)O)cc3OC(F)F)ncc21. The number of anilines is 4. The second kappa shape index (κ2) is 9.03. The van der Waals surface area contributed by atoms with Gasteiger partial charge >= 0.3 is 12.6 Å². The number of benzene rings is 1. The van der Waals surface area contributed by atoms with E-state index in [4.69, 9.17) is 0 Å². The van der Waals surface area contributed by atoms with Gasteiger partial charge in [-0.05, 0) is 44.9 Å². The third-order valence-electron chi connectivity index (χ3n) is 6.29. The minimum atomic E-state index is -3.14. The zero-order chi connectivity index (χ0) is 24.6. The molecule has 11 heteroatoms. The van der Waals surface area contributed by atoms with Crippen molar-refractivity contribution in [3.8, 4) is 5.75 Å². The predicted octanol–water partition coefficient (Wildman–Crippen LogP) is 4.27. The summed E-state index contributed by atoms with van der Waals surface area (Å²) < 4.78 is 30.4. The summed E-state index contributed by atoms with van der Waals surface area (Å²) in [5.41, 5.74) is -0.176. The van der Waals surface area contributed by atoms with Crippen molar-refractivity contribution in [2.24, 2.45) is 5.41 Å². The number of aromatic nitrogens is 2. The van der Waals surface area contributed by atoms with E-state index in [1.165, 1.54) is 18.3 Å². The number of halogens is 2. The van der Waals surface area contributed by atoms with E-state index >= 15 is 0 Å². The Hall–Kier alpha value is -3.50. The van der Waals surface area contributed by atoms with Crippen LogP contribution >= 0.6 is 0 Å². The number of amides is 1. The van der Waals surface area contributed by atoms with E-state index in [0.29, 0.717) is 18.1 Å². The number of carboxylic acids is 1. The fraction of sp³-hybridized carbons (Fsp3) is 0.478. The van der Waals surface area contributed by atoms with Crippen LogP contribution in [0.4, 0.5) is 31.9 Å². The number of alkyl halides is 2. The summed E-state index contributed by atoms with van der Waals surface area (Å²) in [4.78, 5) is 37.0. The van der Waals surface area contributed by atoms with E-state index < -0.39 is 18.0 Å². The van der Waals surface area contributed by atoms with Crippen LogP contribution in [0, 0.1) is 5.41 Å². The molecule has 1 fully saturated rings. The van der Waals surface area contributed by atoms with Gasteiger partial charge in [-0.15, -0.1) is 0 Å². The molecular formula is C23H27F2N5O4. The van der Waals surface area contributed by atoms with Gasteiger partial charge in [0.25, 0.3) is 0 Å². The van der Waals surface area contributed by atoms with Crippen LogP contribution < -0.4 is 19.9 Å². The first kappa shape index (κ1) is 23.7. The number of hydrogen-bond acceptors (Lipinski definition) is 7. The summed E-state index contributed by atoms with van der Waals surface area (Å²) in [7, 11) is 1.69. The van der Waals surface area contributed by atoms with E-state index in [-0.39, 0.29) is 34.9 Å². The fourth-order valence-electron chi connectivity index (χ4n) is 4.60. The lowest BCUT2D eigenvalue weighted by Gasteiger charge is -2.34. The van der Waals surface area contributed by atoms with Crippen molar-refractivity contribution in [2.75, 3.05) is 28.7 Å². The summed E-state index contributed by atoms with van der Waals surface area (Å²) in [6.45, 7) is 1.16. The lowest BCUT2D eigenvalue weighted by atomic mass is 9.91. The quantitative estimate of drug-likeness (QED) is 0.638. The number of carbonyl (C=O) groups is 2. The van der Waals surface area contributed by atoms with E-state index in [2.05, 4.69) is 24.9 Å². The topological polar surface area (TPSA) is 108 Å². The molecule has 34 heavy (non-hydrogen) atoms. The van der Waals surface area contributed by atoms with Crippen molar-refractivity contribution >= 4 is 35.0 Å². The monoisotopic (exact) mass is 475 g/mol. The molecule has 1 amide bonds. The Bertz CT molecular complexity index is 1100. The number of ether oxygens (including phenoxy) is 1. The second-order valence-corrected chi connectivity index (χ2v) is 9.24. The Labute approximate surface area is 195 Å². The number of aromatic carboxylic acids is 1. The van der Waals surface area contributed by atoms with Gasteiger partial charge in [0, 0.05) is 19.6 Å². The van der Waals surface area contributed by atoms with Crippen molar-refractivity contribution in [3.63, 3.8) is 0 Å². The minimum Gasteiger partial charge on any atom is -0.478 e. The van der Waals surface area contributed by atoms with Crippen LogP contribution in [0.25, 0.3) is 0 Å². The van der Waals surface area contributed by atoms with Gasteiger partial charge in [0.15, 0.2) is 5.82 Å². The molecule has 0 bridgehead atoms. The van der Waals surface area contributed by atoms with Crippen molar-refractivity contribution in [3.05, 3.63) is 30.0 Å². The highest BCUT2D eigenvalue weighted by atomic mass is 19.3. The Morgan fingerprint density at radius 2 is 2.00 bits per heavy atom. The minimum absolute atomic E-state index is 0.0459. The predicted molar refractivity (Wildman–Crippen MR) is 122 cm³/mol. The highest BCUT2D eigenvalue weighted by molar-refractivity contribution is 6.00. The van der Waals surface area contributed by atoms with Crippen LogP contribution in [0.2, 0.25) is 0 Å². The first-order valence-electron chi connectivity index (χ1n) is 11.1. The number of carboxylic acid groups (broad SMARTS) is 1. The van der Waals surface area contributed by atoms with Gasteiger partial charge in [-0.2, -0.15) is 13.8 Å². The molecule has 2 heterocycles. The first-order valence-corrected chi connectivity index (χ1v) is 11.1. The number of nitrogens with one attached hydrogen (secondary N) is 1. The third-order valence-corrected chi connectivity index (χ3v) is 6.29. The fourth-order valence-corrected chi connectivity index (χ4v) is 4.60. The average Bonchev–Trinajstić information content (AvgIpc) is 3.29. The molecule has 1 aliphatic heterocycles. The smallest absolute Gasteiger partial charge is 0.387 e. The van der Waals surface area contributed by atoms with Crippen LogP contribution in [0.3, 0.4) is 0 Å². The summed E-state index contributed by atoms with van der Waals surface area (Å²) in [6, 6.07) is 3.84. The Morgan fingerprint density at radius 3 is 2.65 bits per heavy atom. The number of carbonyl (C=O) groups excluding carboxylic acids is 1. The Kier molecular flexibility index (Phi) is 6.28. The van der Waals surface area contributed by atoms with Gasteiger partial charge in [-0.3, -0.25) is 4.79 Å². The number of fused-ring (bicyclic) bond motifs is 1. The molecule has 9 nitrogen and oxygen atoms in total. The standard InChI is InChI=1S/C23H27F2N5O4/c1-23(2)12-30(14-6-4-5-7-14)18-16(29(3)20(23)33)11-26-22(28-18)27-15-9-8-13(19(31)32)10-17(15)34-21(24)25/h8-11,14,21H,4-7,12H2,1-3H3,(H,31,32)(H,26,27,28). The molecule has 182 valence electrons. The maximum Gasteiger partial charge on any atom is 0.387 e. The molecule has 1 aromatic carbocycles. The Balaban J connectivity index is 1.74. The number of nitrogens with zero attached hydrogens (tertiary/aromatic N) is 4. The highest BCUT2D eigenvalue weighted by Crippen LogP contribution is 2.40. The van der Waals surface area contributed by atoms with Gasteiger partial charge in [-0.25, -0.2) is 9.78 Å². The van der Waals surface area contributed by atoms with Crippen molar-refractivity contribution in [2.45, 2.75) is 52.2 Å². The first-order chi connectivity index (χ1) is 16.1. The van der Waals surface area contributed by atoms with Gasteiger partial charge in [0.05, 0.1) is 22.9 Å². The second-order valence-electron chi connectivity index (χ2n) is 9.24. The van der Waals surface area contributed by atoms with Gasteiger partial charge < -0.3 is 25.0 Å². The average molecular weight is 475 g/mol. The van der Waals surface area contributed by atoms with Gasteiger partial charge in [-0.1, -0.05) is 12.8 Å². The zero-order valence-corrected chi connectivity index (χ0v) is 19.2. The molecule has 2 aliphatic rings. The van der Waals surface area contributed by atoms with E-state index in [1.54, 1.807) is 11.9 Å². The van der Waals surface area contributed by atoms with Crippen LogP contribution in [0.15, 0.2) is 24.4 Å². The van der Waals surface area contributed by atoms with Crippen LogP contribution in [-0.2, 0) is 4.79 Å². The highest BCUT2D eigenvalue weighted by Gasteiger charge is 2.41. The normalized spacial score (nSPS) is 18.1.